The number of hydrogen-bond donors (Lipinski definition) is 1. The van der Waals surface area contributed by atoms with E-state index >= 15 is 0 Å². The first-order valence-electron chi connectivity index (χ1n) is 6.35. The Bertz CT molecular complexity index is 700. The molecule has 3 aromatic heterocycles. The van der Waals surface area contributed by atoms with Crippen molar-refractivity contribution in [2.75, 3.05) is 11.9 Å². The number of halogens is 1. The van der Waals surface area contributed by atoms with Crippen molar-refractivity contribution in [1.29, 1.82) is 0 Å². The van der Waals surface area contributed by atoms with Crippen LogP contribution in [0.15, 0.2) is 43.0 Å². The van der Waals surface area contributed by atoms with Gasteiger partial charge >= 0.3 is 0 Å². The summed E-state index contributed by atoms with van der Waals surface area (Å²) in [6, 6.07) is 5.72. The summed E-state index contributed by atoms with van der Waals surface area (Å²) in [5.41, 5.74) is 1.19. The maximum atomic E-state index is 5.91. The number of nitrogens with zero attached hydrogens (tertiary/aromatic N) is 6. The van der Waals surface area contributed by atoms with Gasteiger partial charge in [0.25, 0.3) is 5.95 Å². The van der Waals surface area contributed by atoms with E-state index in [0.717, 1.165) is 6.42 Å². The van der Waals surface area contributed by atoms with Crippen LogP contribution in [-0.2, 0) is 6.42 Å². The van der Waals surface area contributed by atoms with Gasteiger partial charge in [-0.25, -0.2) is 4.68 Å². The lowest BCUT2D eigenvalue weighted by Gasteiger charge is -2.06. The molecule has 7 nitrogen and oxygen atoms in total. The molecule has 3 aromatic rings. The van der Waals surface area contributed by atoms with E-state index in [9.17, 15) is 0 Å². The molecule has 0 fully saturated rings. The molecule has 0 unspecified atom stereocenters. The van der Waals surface area contributed by atoms with Gasteiger partial charge in [-0.3, -0.25) is 4.98 Å². The smallest absolute Gasteiger partial charge is 0.256 e. The van der Waals surface area contributed by atoms with Crippen LogP contribution in [-0.4, -0.2) is 36.3 Å². The largest absolute Gasteiger partial charge is 0.354 e. The van der Waals surface area contributed by atoms with Crippen LogP contribution in [0, 0.1) is 0 Å². The van der Waals surface area contributed by atoms with Crippen LogP contribution in [0.3, 0.4) is 0 Å². The molecule has 0 aromatic carbocycles. The second-order valence-corrected chi connectivity index (χ2v) is 4.55. The fraction of sp³-hybridized carbons (Fsp3) is 0.154. The van der Waals surface area contributed by atoms with Crippen molar-refractivity contribution in [3.05, 3.63) is 53.8 Å². The molecule has 1 N–H and O–H groups in total. The fourth-order valence-electron chi connectivity index (χ4n) is 1.78. The highest BCUT2D eigenvalue weighted by molar-refractivity contribution is 6.28. The monoisotopic (exact) mass is 301 g/mol. The van der Waals surface area contributed by atoms with Crippen molar-refractivity contribution in [3.63, 3.8) is 0 Å². The third kappa shape index (κ3) is 3.51. The van der Waals surface area contributed by atoms with Gasteiger partial charge in [0.1, 0.15) is 0 Å². The predicted molar refractivity (Wildman–Crippen MR) is 78.4 cm³/mol. The lowest BCUT2D eigenvalue weighted by atomic mass is 10.2. The molecule has 3 heterocycles. The van der Waals surface area contributed by atoms with Crippen molar-refractivity contribution in [2.24, 2.45) is 0 Å². The Morgan fingerprint density at radius 3 is 2.71 bits per heavy atom. The minimum absolute atomic E-state index is 0.127. The fourth-order valence-corrected chi connectivity index (χ4v) is 1.93. The molecule has 0 saturated heterocycles. The summed E-state index contributed by atoms with van der Waals surface area (Å²) in [5, 5.41) is 7.32. The van der Waals surface area contributed by atoms with Crippen LogP contribution in [0.1, 0.15) is 5.56 Å². The summed E-state index contributed by atoms with van der Waals surface area (Å²) in [6.45, 7) is 0.683. The van der Waals surface area contributed by atoms with Gasteiger partial charge in [-0.2, -0.15) is 20.1 Å². The zero-order valence-electron chi connectivity index (χ0n) is 11.0. The molecular weight excluding hydrogens is 290 g/mol. The van der Waals surface area contributed by atoms with E-state index in [4.69, 9.17) is 11.6 Å². The summed E-state index contributed by atoms with van der Waals surface area (Å²) in [7, 11) is 0. The molecule has 0 radical (unpaired) electrons. The highest BCUT2D eigenvalue weighted by Crippen LogP contribution is 2.09. The first-order chi connectivity index (χ1) is 10.3. The standard InChI is InChI=1S/C13H12ClN7/c14-11-18-12(16-8-4-10-2-6-15-7-3-10)20-13(19-11)21-9-1-5-17-21/h1-3,5-7,9H,4,8H2,(H,16,18,19,20). The Morgan fingerprint density at radius 2 is 1.95 bits per heavy atom. The van der Waals surface area contributed by atoms with Gasteiger partial charge in [0.15, 0.2) is 0 Å². The molecule has 106 valence electrons. The Hall–Kier alpha value is -2.54. The van der Waals surface area contributed by atoms with Crippen LogP contribution < -0.4 is 5.32 Å². The van der Waals surface area contributed by atoms with E-state index in [2.05, 4.69) is 30.4 Å². The number of aromatic nitrogens is 6. The number of anilines is 1. The first-order valence-corrected chi connectivity index (χ1v) is 6.73. The Morgan fingerprint density at radius 1 is 1.10 bits per heavy atom. The topological polar surface area (TPSA) is 81.4 Å². The number of nitrogens with one attached hydrogen (secondary N) is 1. The van der Waals surface area contributed by atoms with Crippen molar-refractivity contribution in [1.82, 2.24) is 29.7 Å². The summed E-state index contributed by atoms with van der Waals surface area (Å²) in [4.78, 5) is 16.4. The van der Waals surface area contributed by atoms with E-state index in [-0.39, 0.29) is 5.28 Å². The molecular formula is C13H12ClN7. The van der Waals surface area contributed by atoms with Crippen LogP contribution in [0.5, 0.6) is 0 Å². The number of pyridine rings is 1. The third-order valence-corrected chi connectivity index (χ3v) is 2.92. The van der Waals surface area contributed by atoms with Crippen molar-refractivity contribution in [3.8, 4) is 5.95 Å². The van der Waals surface area contributed by atoms with Gasteiger partial charge in [-0.1, -0.05) is 0 Å². The summed E-state index contributed by atoms with van der Waals surface area (Å²) >= 11 is 5.91. The minimum atomic E-state index is 0.127. The molecule has 0 spiro atoms. The molecule has 0 aliphatic heterocycles. The SMILES string of the molecule is Clc1nc(NCCc2ccncc2)nc(-n2cccn2)n1. The quantitative estimate of drug-likeness (QED) is 0.773. The lowest BCUT2D eigenvalue weighted by molar-refractivity contribution is 0.794. The predicted octanol–water partition coefficient (Wildman–Crippen LogP) is 1.76. The zero-order valence-corrected chi connectivity index (χ0v) is 11.8. The molecule has 0 aliphatic carbocycles. The summed E-state index contributed by atoms with van der Waals surface area (Å²) in [5.74, 6) is 0.806. The van der Waals surface area contributed by atoms with Crippen LogP contribution in [0.2, 0.25) is 5.28 Å². The highest BCUT2D eigenvalue weighted by Gasteiger charge is 2.06. The first kappa shape index (κ1) is 13.4. The average Bonchev–Trinajstić information content (AvgIpc) is 3.02. The van der Waals surface area contributed by atoms with E-state index in [1.165, 1.54) is 10.2 Å². The van der Waals surface area contributed by atoms with Crippen molar-refractivity contribution in [2.45, 2.75) is 6.42 Å². The molecule has 8 heteroatoms. The van der Waals surface area contributed by atoms with Gasteiger partial charge < -0.3 is 5.32 Å². The highest BCUT2D eigenvalue weighted by atomic mass is 35.5. The maximum absolute atomic E-state index is 5.91. The van der Waals surface area contributed by atoms with Crippen LogP contribution in [0.4, 0.5) is 5.95 Å². The van der Waals surface area contributed by atoms with E-state index in [1.54, 1.807) is 30.9 Å². The lowest BCUT2D eigenvalue weighted by Crippen LogP contribution is -2.11. The van der Waals surface area contributed by atoms with Crippen molar-refractivity contribution < 1.29 is 0 Å². The van der Waals surface area contributed by atoms with E-state index < -0.39 is 0 Å². The van der Waals surface area contributed by atoms with Gasteiger partial charge in [0.2, 0.25) is 11.2 Å². The zero-order chi connectivity index (χ0) is 14.5. The Labute approximate surface area is 126 Å². The molecule has 21 heavy (non-hydrogen) atoms. The number of hydrogen-bond acceptors (Lipinski definition) is 6. The van der Waals surface area contributed by atoms with Crippen LogP contribution in [0.25, 0.3) is 5.95 Å². The Balaban J connectivity index is 1.68. The average molecular weight is 302 g/mol. The minimum Gasteiger partial charge on any atom is -0.354 e. The van der Waals surface area contributed by atoms with E-state index in [0.29, 0.717) is 18.4 Å². The van der Waals surface area contributed by atoms with Gasteiger partial charge in [0.05, 0.1) is 0 Å². The molecule has 0 amide bonds. The molecule has 0 aliphatic rings. The Kier molecular flexibility index (Phi) is 4.02. The van der Waals surface area contributed by atoms with E-state index in [1.807, 2.05) is 12.1 Å². The van der Waals surface area contributed by atoms with Crippen LogP contribution >= 0.6 is 11.6 Å². The normalized spacial score (nSPS) is 10.5. The van der Waals surface area contributed by atoms with Gasteiger partial charge in [-0.15, -0.1) is 0 Å². The maximum Gasteiger partial charge on any atom is 0.256 e. The number of rotatable bonds is 5. The molecule has 0 bridgehead atoms. The van der Waals surface area contributed by atoms with Crippen molar-refractivity contribution >= 4 is 17.5 Å². The molecule has 0 saturated carbocycles. The molecule has 3 rings (SSSR count). The second kappa shape index (κ2) is 6.27. The van der Waals surface area contributed by atoms with Gasteiger partial charge in [0, 0.05) is 31.3 Å². The summed E-state index contributed by atoms with van der Waals surface area (Å²) in [6.07, 6.45) is 7.76. The van der Waals surface area contributed by atoms with Gasteiger partial charge in [-0.05, 0) is 41.8 Å². The molecule has 0 atom stereocenters. The third-order valence-electron chi connectivity index (χ3n) is 2.75. The summed E-state index contributed by atoms with van der Waals surface area (Å²) < 4.78 is 1.53. The second-order valence-electron chi connectivity index (χ2n) is 4.21.